The third-order valence-corrected chi connectivity index (χ3v) is 4.74. The molecule has 1 unspecified atom stereocenters. The van der Waals surface area contributed by atoms with E-state index in [2.05, 4.69) is 20.4 Å². The van der Waals surface area contributed by atoms with Gasteiger partial charge in [-0.2, -0.15) is 4.98 Å². The van der Waals surface area contributed by atoms with Crippen LogP contribution in [0.1, 0.15) is 31.0 Å². The van der Waals surface area contributed by atoms with E-state index in [0.29, 0.717) is 30.1 Å². The molecular formula is C23H21FN4O2. The van der Waals surface area contributed by atoms with Crippen LogP contribution in [0.4, 0.5) is 4.39 Å². The Morgan fingerprint density at radius 3 is 2.60 bits per heavy atom. The summed E-state index contributed by atoms with van der Waals surface area (Å²) < 4.78 is 18.3. The van der Waals surface area contributed by atoms with Crippen LogP contribution in [-0.4, -0.2) is 21.0 Å². The van der Waals surface area contributed by atoms with Crippen LogP contribution >= 0.6 is 0 Å². The van der Waals surface area contributed by atoms with Gasteiger partial charge in [0.15, 0.2) is 0 Å². The van der Waals surface area contributed by atoms with E-state index in [9.17, 15) is 9.18 Å². The molecule has 0 radical (unpaired) electrons. The molecule has 4 rings (SSSR count). The largest absolute Gasteiger partial charge is 0.358 e. The maximum Gasteiger partial charge on any atom is 0.249 e. The number of hydrogen-bond donors (Lipinski definition) is 2. The van der Waals surface area contributed by atoms with Gasteiger partial charge in [0.05, 0.1) is 0 Å². The Labute approximate surface area is 173 Å². The van der Waals surface area contributed by atoms with Gasteiger partial charge in [-0.1, -0.05) is 35.5 Å². The summed E-state index contributed by atoms with van der Waals surface area (Å²) in [6.45, 7) is 1.78. The molecule has 0 spiro atoms. The van der Waals surface area contributed by atoms with Crippen molar-refractivity contribution in [2.45, 2.75) is 25.8 Å². The van der Waals surface area contributed by atoms with Gasteiger partial charge in [0, 0.05) is 23.4 Å². The van der Waals surface area contributed by atoms with Crippen molar-refractivity contribution in [3.63, 3.8) is 0 Å². The number of aromatic amines is 1. The van der Waals surface area contributed by atoms with Crippen LogP contribution in [-0.2, 0) is 11.2 Å². The summed E-state index contributed by atoms with van der Waals surface area (Å²) >= 11 is 0. The highest BCUT2D eigenvalue weighted by Gasteiger charge is 2.17. The van der Waals surface area contributed by atoms with Gasteiger partial charge in [-0.15, -0.1) is 0 Å². The maximum absolute atomic E-state index is 13.0. The molecule has 2 N–H and O–H groups in total. The molecule has 152 valence electrons. The van der Waals surface area contributed by atoms with Crippen LogP contribution in [0.3, 0.4) is 0 Å². The van der Waals surface area contributed by atoms with Crippen LogP contribution in [0.25, 0.3) is 22.6 Å². The number of amides is 1. The van der Waals surface area contributed by atoms with E-state index in [1.54, 1.807) is 19.1 Å². The van der Waals surface area contributed by atoms with Crippen molar-refractivity contribution in [1.82, 2.24) is 20.4 Å². The van der Waals surface area contributed by atoms with Crippen LogP contribution in [0.5, 0.6) is 0 Å². The molecular weight excluding hydrogens is 383 g/mol. The van der Waals surface area contributed by atoms with Crippen molar-refractivity contribution >= 4 is 5.91 Å². The highest BCUT2D eigenvalue weighted by atomic mass is 19.1. The molecule has 7 heteroatoms. The molecule has 2 heterocycles. The average Bonchev–Trinajstić information content (AvgIpc) is 3.44. The minimum atomic E-state index is -0.428. The number of nitrogens with zero attached hydrogens (tertiary/aromatic N) is 2. The van der Waals surface area contributed by atoms with E-state index >= 15 is 0 Å². The molecule has 6 nitrogen and oxygen atoms in total. The topological polar surface area (TPSA) is 83.8 Å². The van der Waals surface area contributed by atoms with Crippen LogP contribution < -0.4 is 5.32 Å². The Bertz CT molecular complexity index is 1120. The van der Waals surface area contributed by atoms with Crippen molar-refractivity contribution < 1.29 is 13.7 Å². The molecule has 1 amide bonds. The number of aromatic nitrogens is 3. The van der Waals surface area contributed by atoms with Crippen molar-refractivity contribution in [1.29, 1.82) is 0 Å². The lowest BCUT2D eigenvalue weighted by Gasteiger charge is -2.09. The molecule has 0 saturated heterocycles. The molecule has 0 fully saturated rings. The van der Waals surface area contributed by atoms with Gasteiger partial charge in [0.1, 0.15) is 11.9 Å². The van der Waals surface area contributed by atoms with E-state index < -0.39 is 6.04 Å². The highest BCUT2D eigenvalue weighted by Crippen LogP contribution is 2.20. The number of rotatable bonds is 7. The molecule has 30 heavy (non-hydrogen) atoms. The fraction of sp³-hybridized carbons (Fsp3) is 0.174. The van der Waals surface area contributed by atoms with E-state index in [1.165, 1.54) is 12.1 Å². The number of nitrogens with one attached hydrogen (secondary N) is 2. The van der Waals surface area contributed by atoms with E-state index in [4.69, 9.17) is 4.52 Å². The second-order valence-corrected chi connectivity index (χ2v) is 7.02. The normalized spacial score (nSPS) is 11.9. The Morgan fingerprint density at radius 2 is 1.83 bits per heavy atom. The lowest BCUT2D eigenvalue weighted by Crippen LogP contribution is -2.27. The van der Waals surface area contributed by atoms with Crippen molar-refractivity contribution in [2.24, 2.45) is 0 Å². The summed E-state index contributed by atoms with van der Waals surface area (Å²) in [4.78, 5) is 20.0. The zero-order valence-corrected chi connectivity index (χ0v) is 16.4. The smallest absolute Gasteiger partial charge is 0.249 e. The van der Waals surface area contributed by atoms with Crippen LogP contribution in [0, 0.1) is 5.82 Å². The number of hydrogen-bond acceptors (Lipinski definition) is 4. The number of benzene rings is 2. The summed E-state index contributed by atoms with van der Waals surface area (Å²) in [5, 5.41) is 6.77. The number of halogens is 1. The molecule has 0 aliphatic heterocycles. The van der Waals surface area contributed by atoms with Crippen LogP contribution in [0.15, 0.2) is 71.3 Å². The third-order valence-electron chi connectivity index (χ3n) is 4.74. The zero-order valence-electron chi connectivity index (χ0n) is 16.4. The number of aryl methyl sites for hydroxylation is 1. The zero-order chi connectivity index (χ0) is 20.9. The first-order chi connectivity index (χ1) is 14.6. The Morgan fingerprint density at radius 1 is 1.07 bits per heavy atom. The Kier molecular flexibility index (Phi) is 5.70. The van der Waals surface area contributed by atoms with Gasteiger partial charge in [0.25, 0.3) is 0 Å². The molecule has 2 aromatic carbocycles. The molecule has 2 aromatic heterocycles. The first kappa shape index (κ1) is 19.6. The molecule has 0 aliphatic carbocycles. The van der Waals surface area contributed by atoms with E-state index in [1.807, 2.05) is 42.5 Å². The maximum atomic E-state index is 13.0. The number of H-pyrrole nitrogens is 1. The van der Waals surface area contributed by atoms with Crippen LogP contribution in [0.2, 0.25) is 0 Å². The monoisotopic (exact) mass is 404 g/mol. The average molecular weight is 404 g/mol. The second kappa shape index (κ2) is 8.73. The number of carbonyl (C=O) groups excluding carboxylic acids is 1. The van der Waals surface area contributed by atoms with Gasteiger partial charge >= 0.3 is 0 Å². The minimum absolute atomic E-state index is 0.111. The fourth-order valence-electron chi connectivity index (χ4n) is 3.12. The third kappa shape index (κ3) is 4.63. The quantitative estimate of drug-likeness (QED) is 0.468. The van der Waals surface area contributed by atoms with Gasteiger partial charge in [-0.05, 0) is 55.3 Å². The molecule has 0 aliphatic rings. The number of carbonyl (C=O) groups is 1. The first-order valence-corrected chi connectivity index (χ1v) is 9.71. The summed E-state index contributed by atoms with van der Waals surface area (Å²) in [5.74, 6) is 0.209. The predicted octanol–water partition coefficient (Wildman–Crippen LogP) is 4.68. The van der Waals surface area contributed by atoms with E-state index in [0.717, 1.165) is 17.0 Å². The Hall–Kier alpha value is -3.74. The predicted molar refractivity (Wildman–Crippen MR) is 111 cm³/mol. The van der Waals surface area contributed by atoms with Crippen molar-refractivity contribution in [3.8, 4) is 22.6 Å². The molecule has 4 aromatic rings. The first-order valence-electron chi connectivity index (χ1n) is 9.71. The van der Waals surface area contributed by atoms with Crippen molar-refractivity contribution in [2.75, 3.05) is 0 Å². The van der Waals surface area contributed by atoms with Gasteiger partial charge in [0.2, 0.25) is 17.6 Å². The second-order valence-electron chi connectivity index (χ2n) is 7.02. The standard InChI is InChI=1S/C23H21FN4O2/c1-15(23-27-22(28-30-23)17-7-9-18(24)10-8-17)25-21(29)14-12-19-11-13-20(26-19)16-5-3-2-4-6-16/h2-11,13,15,26H,12,14H2,1H3,(H,25,29). The lowest BCUT2D eigenvalue weighted by molar-refractivity contribution is -0.121. The van der Waals surface area contributed by atoms with Gasteiger partial charge in [-0.25, -0.2) is 4.39 Å². The highest BCUT2D eigenvalue weighted by molar-refractivity contribution is 5.76. The minimum Gasteiger partial charge on any atom is -0.358 e. The fourth-order valence-corrected chi connectivity index (χ4v) is 3.12. The molecule has 0 bridgehead atoms. The van der Waals surface area contributed by atoms with Gasteiger partial charge < -0.3 is 14.8 Å². The lowest BCUT2D eigenvalue weighted by atomic mass is 10.2. The SMILES string of the molecule is CC(NC(=O)CCc1ccc(-c2ccccc2)[nH]1)c1nc(-c2ccc(F)cc2)no1. The van der Waals surface area contributed by atoms with E-state index in [-0.39, 0.29) is 11.7 Å². The van der Waals surface area contributed by atoms with Gasteiger partial charge in [-0.3, -0.25) is 4.79 Å². The summed E-state index contributed by atoms with van der Waals surface area (Å²) in [7, 11) is 0. The summed E-state index contributed by atoms with van der Waals surface area (Å²) in [5.41, 5.74) is 3.77. The molecule has 0 saturated carbocycles. The Balaban J connectivity index is 1.31. The molecule has 1 atom stereocenters. The summed E-state index contributed by atoms with van der Waals surface area (Å²) in [6, 6.07) is 19.4. The van der Waals surface area contributed by atoms with Crippen molar-refractivity contribution in [3.05, 3.63) is 84.1 Å². The summed E-state index contributed by atoms with van der Waals surface area (Å²) in [6.07, 6.45) is 0.925.